The first kappa shape index (κ1) is 14.9. The molecule has 5 heteroatoms. The third kappa shape index (κ3) is 2.78. The van der Waals surface area contributed by atoms with Crippen LogP contribution in [0.3, 0.4) is 0 Å². The van der Waals surface area contributed by atoms with Crippen LogP contribution in [0.2, 0.25) is 0 Å². The second kappa shape index (κ2) is 6.09. The molecule has 5 nitrogen and oxygen atoms in total. The fraction of sp³-hybridized carbons (Fsp3) is 0.263. The first-order chi connectivity index (χ1) is 11.7. The van der Waals surface area contributed by atoms with Gasteiger partial charge in [0.05, 0.1) is 5.69 Å². The van der Waals surface area contributed by atoms with Gasteiger partial charge in [-0.05, 0) is 31.0 Å². The molecule has 0 unspecified atom stereocenters. The van der Waals surface area contributed by atoms with Gasteiger partial charge in [-0.3, -0.25) is 4.90 Å². The number of hydrogen-bond acceptors (Lipinski definition) is 4. The molecule has 0 atom stereocenters. The molecular weight excluding hydrogens is 300 g/mol. The molecule has 3 aromatic rings. The van der Waals surface area contributed by atoms with Crippen LogP contribution in [0.4, 0.5) is 0 Å². The Kier molecular flexibility index (Phi) is 3.78. The van der Waals surface area contributed by atoms with Gasteiger partial charge in [0.1, 0.15) is 0 Å². The summed E-state index contributed by atoms with van der Waals surface area (Å²) in [5.41, 5.74) is 4.47. The third-order valence-electron chi connectivity index (χ3n) is 4.48. The van der Waals surface area contributed by atoms with Crippen LogP contribution in [0.5, 0.6) is 5.88 Å². The van der Waals surface area contributed by atoms with Crippen LogP contribution < -0.4 is 0 Å². The minimum absolute atomic E-state index is 0.221. The van der Waals surface area contributed by atoms with Crippen LogP contribution in [0.15, 0.2) is 48.7 Å². The molecule has 1 aliphatic heterocycles. The zero-order valence-electron chi connectivity index (χ0n) is 13.7. The second-order valence-corrected chi connectivity index (χ2v) is 6.29. The average molecular weight is 320 g/mol. The molecule has 0 saturated carbocycles. The summed E-state index contributed by atoms with van der Waals surface area (Å²) in [5, 5.41) is 15.1. The largest absolute Gasteiger partial charge is 0.493 e. The molecule has 0 fully saturated rings. The molecule has 4 rings (SSSR count). The minimum Gasteiger partial charge on any atom is -0.493 e. The van der Waals surface area contributed by atoms with Gasteiger partial charge in [0.2, 0.25) is 5.88 Å². The fourth-order valence-corrected chi connectivity index (χ4v) is 3.15. The zero-order chi connectivity index (χ0) is 16.5. The van der Waals surface area contributed by atoms with Crippen molar-refractivity contribution < 1.29 is 5.11 Å². The minimum atomic E-state index is 0.221. The molecule has 0 bridgehead atoms. The number of rotatable bonds is 3. The van der Waals surface area contributed by atoms with Gasteiger partial charge in [-0.25, -0.2) is 4.98 Å². The fourth-order valence-electron chi connectivity index (χ4n) is 3.15. The van der Waals surface area contributed by atoms with Gasteiger partial charge in [-0.2, -0.15) is 9.78 Å². The maximum atomic E-state index is 10.5. The average Bonchev–Trinajstić information content (AvgIpc) is 2.94. The van der Waals surface area contributed by atoms with Gasteiger partial charge in [-0.1, -0.05) is 35.9 Å². The molecule has 0 radical (unpaired) electrons. The van der Waals surface area contributed by atoms with Crippen LogP contribution >= 0.6 is 0 Å². The normalized spacial score (nSPS) is 14.5. The highest BCUT2D eigenvalue weighted by atomic mass is 16.3. The first-order valence-electron chi connectivity index (χ1n) is 8.20. The molecular formula is C19H20N4O. The van der Waals surface area contributed by atoms with Crippen molar-refractivity contribution >= 4 is 0 Å². The van der Waals surface area contributed by atoms with Crippen LogP contribution in [0.25, 0.3) is 5.82 Å². The van der Waals surface area contributed by atoms with E-state index in [1.54, 1.807) is 10.9 Å². The Balaban J connectivity index is 1.56. The van der Waals surface area contributed by atoms with E-state index in [9.17, 15) is 5.11 Å². The third-order valence-corrected chi connectivity index (χ3v) is 4.48. The molecule has 2 aromatic heterocycles. The predicted molar refractivity (Wildman–Crippen MR) is 92.0 cm³/mol. The standard InChI is InChI=1S/C19H20N4O/c1-14-5-7-15(8-6-14)12-22-11-9-16-17(13-22)21-23(19(16)24)18-4-2-3-10-20-18/h2-8,10,24H,9,11-13H2,1H3. The number of fused-ring (bicyclic) bond motifs is 1. The van der Waals surface area contributed by atoms with Crippen LogP contribution in [-0.4, -0.2) is 31.3 Å². The van der Waals surface area contributed by atoms with Crippen molar-refractivity contribution in [2.45, 2.75) is 26.4 Å². The molecule has 24 heavy (non-hydrogen) atoms. The highest BCUT2D eigenvalue weighted by Gasteiger charge is 2.25. The van der Waals surface area contributed by atoms with E-state index in [-0.39, 0.29) is 5.88 Å². The zero-order valence-corrected chi connectivity index (χ0v) is 13.7. The lowest BCUT2D eigenvalue weighted by Crippen LogP contribution is -2.29. The Labute approximate surface area is 141 Å². The topological polar surface area (TPSA) is 54.2 Å². The molecule has 122 valence electrons. The van der Waals surface area contributed by atoms with Crippen molar-refractivity contribution in [2.75, 3.05) is 6.54 Å². The number of aromatic hydroxyl groups is 1. The summed E-state index contributed by atoms with van der Waals surface area (Å²) in [4.78, 5) is 6.64. The van der Waals surface area contributed by atoms with Crippen molar-refractivity contribution in [2.24, 2.45) is 0 Å². The van der Waals surface area contributed by atoms with E-state index in [1.165, 1.54) is 11.1 Å². The Morgan fingerprint density at radius 1 is 1.12 bits per heavy atom. The highest BCUT2D eigenvalue weighted by molar-refractivity contribution is 5.38. The quantitative estimate of drug-likeness (QED) is 0.806. The summed E-state index contributed by atoms with van der Waals surface area (Å²) in [6.45, 7) is 4.67. The van der Waals surface area contributed by atoms with Gasteiger partial charge < -0.3 is 5.11 Å². The SMILES string of the molecule is Cc1ccc(CN2CCc3c(nn(-c4ccccn4)c3O)C2)cc1. The Bertz CT molecular complexity index is 840. The van der Waals surface area contributed by atoms with Crippen LogP contribution in [-0.2, 0) is 19.5 Å². The molecule has 0 spiro atoms. The molecule has 1 aliphatic rings. The smallest absolute Gasteiger partial charge is 0.219 e. The van der Waals surface area contributed by atoms with Crippen molar-refractivity contribution in [1.82, 2.24) is 19.7 Å². The van der Waals surface area contributed by atoms with Crippen molar-refractivity contribution in [3.8, 4) is 11.7 Å². The summed E-state index contributed by atoms with van der Waals surface area (Å²) in [7, 11) is 0. The first-order valence-corrected chi connectivity index (χ1v) is 8.20. The number of pyridine rings is 1. The van der Waals surface area contributed by atoms with Gasteiger partial charge in [0, 0.05) is 31.4 Å². The van der Waals surface area contributed by atoms with E-state index < -0.39 is 0 Å². The lowest BCUT2D eigenvalue weighted by molar-refractivity contribution is 0.241. The molecule has 0 amide bonds. The maximum Gasteiger partial charge on any atom is 0.219 e. The lowest BCUT2D eigenvalue weighted by Gasteiger charge is -2.25. The van der Waals surface area contributed by atoms with Crippen molar-refractivity contribution in [1.29, 1.82) is 0 Å². The van der Waals surface area contributed by atoms with E-state index in [0.29, 0.717) is 5.82 Å². The molecule has 0 aliphatic carbocycles. The summed E-state index contributed by atoms with van der Waals surface area (Å²) in [5.74, 6) is 0.869. The van der Waals surface area contributed by atoms with Crippen molar-refractivity contribution in [3.05, 3.63) is 71.0 Å². The van der Waals surface area contributed by atoms with Crippen LogP contribution in [0, 0.1) is 6.92 Å². The van der Waals surface area contributed by atoms with E-state index in [4.69, 9.17) is 0 Å². The summed E-state index contributed by atoms with van der Waals surface area (Å²) in [6.07, 6.45) is 2.51. The monoisotopic (exact) mass is 320 g/mol. The molecule has 0 saturated heterocycles. The Hall–Kier alpha value is -2.66. The number of benzene rings is 1. The maximum absolute atomic E-state index is 10.5. The van der Waals surface area contributed by atoms with Gasteiger partial charge in [0.25, 0.3) is 0 Å². The molecule has 1 aromatic carbocycles. The number of aryl methyl sites for hydroxylation is 1. The van der Waals surface area contributed by atoms with E-state index >= 15 is 0 Å². The summed E-state index contributed by atoms with van der Waals surface area (Å²) < 4.78 is 1.54. The number of nitrogens with zero attached hydrogens (tertiary/aromatic N) is 4. The molecule has 3 heterocycles. The van der Waals surface area contributed by atoms with E-state index in [1.807, 2.05) is 18.2 Å². The number of aromatic nitrogens is 3. The summed E-state index contributed by atoms with van der Waals surface area (Å²) >= 11 is 0. The molecule has 1 N–H and O–H groups in total. The van der Waals surface area contributed by atoms with Crippen LogP contribution in [0.1, 0.15) is 22.4 Å². The van der Waals surface area contributed by atoms with Gasteiger partial charge >= 0.3 is 0 Å². The van der Waals surface area contributed by atoms with Gasteiger partial charge in [0.15, 0.2) is 5.82 Å². The highest BCUT2D eigenvalue weighted by Crippen LogP contribution is 2.29. The number of hydrogen-bond donors (Lipinski definition) is 1. The Morgan fingerprint density at radius 2 is 1.96 bits per heavy atom. The second-order valence-electron chi connectivity index (χ2n) is 6.29. The predicted octanol–water partition coefficient (Wildman–Crippen LogP) is 2.84. The van der Waals surface area contributed by atoms with Crippen molar-refractivity contribution in [3.63, 3.8) is 0 Å². The van der Waals surface area contributed by atoms with Gasteiger partial charge in [-0.15, -0.1) is 0 Å². The summed E-state index contributed by atoms with van der Waals surface area (Å²) in [6, 6.07) is 14.2. The Morgan fingerprint density at radius 3 is 2.71 bits per heavy atom. The lowest BCUT2D eigenvalue weighted by atomic mass is 10.1. The van der Waals surface area contributed by atoms with E-state index in [2.05, 4.69) is 46.2 Å². The van der Waals surface area contributed by atoms with E-state index in [0.717, 1.165) is 37.3 Å².